The number of allylic oxidation sites excluding steroid dienone is 4. The maximum Gasteiger partial charge on any atom is 0.229 e. The topological polar surface area (TPSA) is 58.0 Å². The number of carbonyl (C=O) groups excluding carboxylic acids is 2. The molecule has 0 bridgehead atoms. The Hall–Kier alpha value is -1.33. The lowest BCUT2D eigenvalue weighted by Gasteiger charge is -2.13. The van der Waals surface area contributed by atoms with E-state index in [1.807, 2.05) is 0 Å². The molecule has 0 amide bonds. The SMILES string of the molecule is N=C1C=C(Br)C=CC1C(=O)C(=O)c1ccc(Br)cc1. The molecule has 1 aliphatic carbocycles. The molecular weight excluding hydrogens is 374 g/mol. The molecule has 1 aromatic rings. The van der Waals surface area contributed by atoms with Gasteiger partial charge in [-0.2, -0.15) is 0 Å². The zero-order valence-electron chi connectivity index (χ0n) is 9.69. The Morgan fingerprint density at radius 2 is 1.74 bits per heavy atom. The van der Waals surface area contributed by atoms with Gasteiger partial charge in [-0.15, -0.1) is 0 Å². The Kier molecular flexibility index (Phi) is 4.27. The van der Waals surface area contributed by atoms with Crippen LogP contribution in [0.4, 0.5) is 0 Å². The van der Waals surface area contributed by atoms with Gasteiger partial charge in [-0.3, -0.25) is 9.59 Å². The van der Waals surface area contributed by atoms with Crippen molar-refractivity contribution in [3.05, 3.63) is 57.0 Å². The molecular formula is C14H9Br2NO2. The van der Waals surface area contributed by atoms with Crippen molar-refractivity contribution in [1.82, 2.24) is 0 Å². The molecule has 1 unspecified atom stereocenters. The molecule has 0 heterocycles. The lowest BCUT2D eigenvalue weighted by molar-refractivity contribution is -0.115. The lowest BCUT2D eigenvalue weighted by Crippen LogP contribution is -2.28. The van der Waals surface area contributed by atoms with Crippen molar-refractivity contribution in [3.8, 4) is 0 Å². The van der Waals surface area contributed by atoms with E-state index >= 15 is 0 Å². The van der Waals surface area contributed by atoms with Crippen LogP contribution in [-0.4, -0.2) is 17.3 Å². The molecule has 0 saturated heterocycles. The van der Waals surface area contributed by atoms with Gasteiger partial charge in [-0.05, 0) is 30.3 Å². The summed E-state index contributed by atoms with van der Waals surface area (Å²) in [7, 11) is 0. The van der Waals surface area contributed by atoms with Gasteiger partial charge < -0.3 is 5.41 Å². The van der Waals surface area contributed by atoms with Gasteiger partial charge in [0.05, 0.1) is 5.92 Å². The van der Waals surface area contributed by atoms with E-state index in [0.29, 0.717) is 5.56 Å². The molecule has 19 heavy (non-hydrogen) atoms. The first-order chi connectivity index (χ1) is 8.99. The molecule has 0 fully saturated rings. The molecule has 1 N–H and O–H groups in total. The average molecular weight is 383 g/mol. The second kappa shape index (κ2) is 5.75. The summed E-state index contributed by atoms with van der Waals surface area (Å²) in [5.74, 6) is -1.95. The van der Waals surface area contributed by atoms with E-state index in [0.717, 1.165) is 8.96 Å². The summed E-state index contributed by atoms with van der Waals surface area (Å²) >= 11 is 6.50. The van der Waals surface area contributed by atoms with Gasteiger partial charge in [0.2, 0.25) is 11.6 Å². The number of ketones is 2. The average Bonchev–Trinajstić information content (AvgIpc) is 2.38. The maximum absolute atomic E-state index is 12.1. The lowest BCUT2D eigenvalue weighted by atomic mass is 9.90. The summed E-state index contributed by atoms with van der Waals surface area (Å²) in [6, 6.07) is 6.59. The summed E-state index contributed by atoms with van der Waals surface area (Å²) in [6.45, 7) is 0. The Balaban J connectivity index is 2.21. The number of hydrogen-bond donors (Lipinski definition) is 1. The number of Topliss-reactive ketones (excluding diaryl/α,β-unsaturated/α-hetero) is 2. The third-order valence-corrected chi connectivity index (χ3v) is 3.71. The quantitative estimate of drug-likeness (QED) is 0.640. The van der Waals surface area contributed by atoms with Gasteiger partial charge in [0.1, 0.15) is 0 Å². The van der Waals surface area contributed by atoms with Crippen LogP contribution >= 0.6 is 31.9 Å². The van der Waals surface area contributed by atoms with Crippen LogP contribution in [0.15, 0.2) is 51.4 Å². The van der Waals surface area contributed by atoms with E-state index in [2.05, 4.69) is 31.9 Å². The van der Waals surface area contributed by atoms with Crippen molar-refractivity contribution < 1.29 is 9.59 Å². The Morgan fingerprint density at radius 3 is 2.32 bits per heavy atom. The second-order valence-electron chi connectivity index (χ2n) is 4.02. The van der Waals surface area contributed by atoms with Gasteiger partial charge >= 0.3 is 0 Å². The fourth-order valence-electron chi connectivity index (χ4n) is 1.69. The number of benzene rings is 1. The van der Waals surface area contributed by atoms with E-state index in [4.69, 9.17) is 5.41 Å². The Morgan fingerprint density at radius 1 is 1.11 bits per heavy atom. The molecule has 0 aliphatic heterocycles. The van der Waals surface area contributed by atoms with Crippen LogP contribution in [0, 0.1) is 11.3 Å². The summed E-state index contributed by atoms with van der Waals surface area (Å²) in [6.07, 6.45) is 4.76. The number of carbonyl (C=O) groups is 2. The highest BCUT2D eigenvalue weighted by Crippen LogP contribution is 2.20. The molecule has 1 atom stereocenters. The van der Waals surface area contributed by atoms with E-state index in [9.17, 15) is 9.59 Å². The second-order valence-corrected chi connectivity index (χ2v) is 5.85. The van der Waals surface area contributed by atoms with E-state index in [1.165, 1.54) is 6.08 Å². The van der Waals surface area contributed by atoms with Crippen molar-refractivity contribution >= 4 is 49.1 Å². The van der Waals surface area contributed by atoms with Crippen LogP contribution in [0.2, 0.25) is 0 Å². The summed E-state index contributed by atoms with van der Waals surface area (Å²) in [4.78, 5) is 24.2. The minimum Gasteiger partial charge on any atom is -0.304 e. The zero-order valence-corrected chi connectivity index (χ0v) is 12.9. The van der Waals surface area contributed by atoms with Crippen LogP contribution in [-0.2, 0) is 4.79 Å². The first-order valence-corrected chi connectivity index (χ1v) is 7.05. The van der Waals surface area contributed by atoms with Crippen LogP contribution in [0.1, 0.15) is 10.4 Å². The molecule has 5 heteroatoms. The Bertz CT molecular complexity index is 615. The van der Waals surface area contributed by atoms with Crippen molar-refractivity contribution in [2.45, 2.75) is 0 Å². The van der Waals surface area contributed by atoms with Crippen molar-refractivity contribution in [2.75, 3.05) is 0 Å². The van der Waals surface area contributed by atoms with Gasteiger partial charge in [0.15, 0.2) is 0 Å². The molecule has 2 rings (SSSR count). The molecule has 0 spiro atoms. The van der Waals surface area contributed by atoms with Gasteiger partial charge in [0, 0.05) is 20.2 Å². The summed E-state index contributed by atoms with van der Waals surface area (Å²) < 4.78 is 1.56. The Labute approximate surface area is 127 Å². The predicted octanol–water partition coefficient (Wildman–Crippen LogP) is 3.69. The fourth-order valence-corrected chi connectivity index (χ4v) is 2.36. The largest absolute Gasteiger partial charge is 0.304 e. The summed E-state index contributed by atoms with van der Waals surface area (Å²) in [5.41, 5.74) is 0.452. The highest BCUT2D eigenvalue weighted by Gasteiger charge is 2.28. The number of hydrogen-bond acceptors (Lipinski definition) is 3. The highest BCUT2D eigenvalue weighted by atomic mass is 79.9. The molecule has 3 nitrogen and oxygen atoms in total. The van der Waals surface area contributed by atoms with Crippen molar-refractivity contribution in [2.24, 2.45) is 5.92 Å². The highest BCUT2D eigenvalue weighted by molar-refractivity contribution is 9.12. The van der Waals surface area contributed by atoms with Crippen LogP contribution < -0.4 is 0 Å². The van der Waals surface area contributed by atoms with Crippen LogP contribution in [0.25, 0.3) is 0 Å². The molecule has 1 aromatic carbocycles. The third kappa shape index (κ3) is 3.16. The normalized spacial score (nSPS) is 18.1. The number of nitrogens with one attached hydrogen (secondary N) is 1. The fraction of sp³-hybridized carbons (Fsp3) is 0.0714. The smallest absolute Gasteiger partial charge is 0.229 e. The van der Waals surface area contributed by atoms with Gasteiger partial charge in [-0.1, -0.05) is 44.0 Å². The minimum atomic E-state index is -0.794. The number of halogens is 2. The summed E-state index contributed by atoms with van der Waals surface area (Å²) in [5, 5.41) is 7.76. The first kappa shape index (κ1) is 14.1. The number of rotatable bonds is 3. The third-order valence-electron chi connectivity index (χ3n) is 2.69. The van der Waals surface area contributed by atoms with Crippen molar-refractivity contribution in [3.63, 3.8) is 0 Å². The first-order valence-electron chi connectivity index (χ1n) is 5.47. The van der Waals surface area contributed by atoms with E-state index < -0.39 is 17.5 Å². The van der Waals surface area contributed by atoms with E-state index in [-0.39, 0.29) is 5.71 Å². The van der Waals surface area contributed by atoms with Crippen LogP contribution in [0.3, 0.4) is 0 Å². The molecule has 0 aromatic heterocycles. The minimum absolute atomic E-state index is 0.116. The van der Waals surface area contributed by atoms with Gasteiger partial charge in [-0.25, -0.2) is 0 Å². The maximum atomic E-state index is 12.1. The van der Waals surface area contributed by atoms with E-state index in [1.54, 1.807) is 36.4 Å². The predicted molar refractivity (Wildman–Crippen MR) is 80.8 cm³/mol. The van der Waals surface area contributed by atoms with Crippen LogP contribution in [0.5, 0.6) is 0 Å². The molecule has 96 valence electrons. The molecule has 1 aliphatic rings. The monoisotopic (exact) mass is 381 g/mol. The van der Waals surface area contributed by atoms with Gasteiger partial charge in [0.25, 0.3) is 0 Å². The van der Waals surface area contributed by atoms with Crippen molar-refractivity contribution in [1.29, 1.82) is 5.41 Å². The molecule has 0 radical (unpaired) electrons. The standard InChI is InChI=1S/C14H9Br2NO2/c15-9-3-1-8(2-4-9)13(18)14(19)11-6-5-10(16)7-12(11)17/h1-7,11,17H. The molecule has 0 saturated carbocycles. The zero-order chi connectivity index (χ0) is 14.0.